The fraction of sp³-hybridized carbons (Fsp3) is 0.667. The van der Waals surface area contributed by atoms with E-state index in [1.807, 2.05) is 6.08 Å². The highest BCUT2D eigenvalue weighted by Crippen LogP contribution is 2.09. The lowest BCUT2D eigenvalue weighted by atomic mass is 10.1. The molecule has 0 aliphatic rings. The Kier molecular flexibility index (Phi) is 12.6. The van der Waals surface area contributed by atoms with E-state index in [4.69, 9.17) is 0 Å². The number of rotatable bonds is 10. The van der Waals surface area contributed by atoms with Gasteiger partial charge in [0.15, 0.2) is 0 Å². The van der Waals surface area contributed by atoms with Gasteiger partial charge in [-0.25, -0.2) is 0 Å². The molecule has 0 aromatic carbocycles. The van der Waals surface area contributed by atoms with E-state index in [0.29, 0.717) is 0 Å². The molecule has 86 valence electrons. The summed E-state index contributed by atoms with van der Waals surface area (Å²) in [6.07, 6.45) is 18.5. The SMILES string of the molecule is C=C=CCCCCCCCCCC=CC. The van der Waals surface area contributed by atoms with Crippen molar-refractivity contribution >= 4 is 0 Å². The standard InChI is InChI=1S/C15H26/c1-3-5-7-9-11-13-15-14-12-10-8-6-4-2/h4-6H,1,7-15H2,2H3. The Bertz CT molecular complexity index is 182. The van der Waals surface area contributed by atoms with Gasteiger partial charge in [-0.2, -0.15) is 0 Å². The van der Waals surface area contributed by atoms with Crippen molar-refractivity contribution in [1.29, 1.82) is 0 Å². The highest BCUT2D eigenvalue weighted by atomic mass is 14.0. The topological polar surface area (TPSA) is 0 Å². The molecule has 0 rings (SSSR count). The lowest BCUT2D eigenvalue weighted by Gasteiger charge is -1.99. The molecule has 0 saturated carbocycles. The van der Waals surface area contributed by atoms with Crippen LogP contribution in [-0.2, 0) is 0 Å². The fourth-order valence-electron chi connectivity index (χ4n) is 1.66. The van der Waals surface area contributed by atoms with Crippen LogP contribution in [0.3, 0.4) is 0 Å². The minimum absolute atomic E-state index is 1.16. The molecule has 0 aliphatic carbocycles. The molecule has 15 heavy (non-hydrogen) atoms. The van der Waals surface area contributed by atoms with Gasteiger partial charge >= 0.3 is 0 Å². The summed E-state index contributed by atoms with van der Waals surface area (Å²) < 4.78 is 0. The van der Waals surface area contributed by atoms with Gasteiger partial charge in [0.1, 0.15) is 0 Å². The van der Waals surface area contributed by atoms with Crippen molar-refractivity contribution in [3.8, 4) is 0 Å². The average molecular weight is 206 g/mol. The van der Waals surface area contributed by atoms with E-state index in [-0.39, 0.29) is 0 Å². The Morgan fingerprint density at radius 1 is 0.867 bits per heavy atom. The minimum Gasteiger partial charge on any atom is -0.133 e. The van der Waals surface area contributed by atoms with E-state index in [1.165, 1.54) is 51.4 Å². The van der Waals surface area contributed by atoms with Gasteiger partial charge in [-0.15, -0.1) is 5.73 Å². The molecule has 0 unspecified atom stereocenters. The van der Waals surface area contributed by atoms with Gasteiger partial charge in [0.2, 0.25) is 0 Å². The molecule has 0 radical (unpaired) electrons. The maximum atomic E-state index is 3.56. The first-order valence-corrected chi connectivity index (χ1v) is 6.37. The molecule has 0 heterocycles. The van der Waals surface area contributed by atoms with Gasteiger partial charge in [0, 0.05) is 0 Å². The van der Waals surface area contributed by atoms with Crippen LogP contribution in [0.1, 0.15) is 64.7 Å². The van der Waals surface area contributed by atoms with Crippen LogP contribution in [0.25, 0.3) is 0 Å². The first-order valence-electron chi connectivity index (χ1n) is 6.37. The smallest absolute Gasteiger partial charge is 0.0275 e. The van der Waals surface area contributed by atoms with Crippen LogP contribution in [0.2, 0.25) is 0 Å². The third-order valence-corrected chi connectivity index (χ3v) is 2.60. The van der Waals surface area contributed by atoms with Gasteiger partial charge < -0.3 is 0 Å². The molecular weight excluding hydrogens is 180 g/mol. The highest BCUT2D eigenvalue weighted by Gasteiger charge is 1.90. The van der Waals surface area contributed by atoms with Crippen molar-refractivity contribution < 1.29 is 0 Å². The van der Waals surface area contributed by atoms with E-state index >= 15 is 0 Å². The third kappa shape index (κ3) is 13.3. The van der Waals surface area contributed by atoms with E-state index in [9.17, 15) is 0 Å². The van der Waals surface area contributed by atoms with Crippen LogP contribution < -0.4 is 0 Å². The molecule has 0 spiro atoms. The van der Waals surface area contributed by atoms with E-state index in [2.05, 4.69) is 31.4 Å². The van der Waals surface area contributed by atoms with Crippen molar-refractivity contribution in [2.75, 3.05) is 0 Å². The molecule has 0 N–H and O–H groups in total. The normalized spacial score (nSPS) is 10.5. The quantitative estimate of drug-likeness (QED) is 0.254. The molecule has 0 saturated heterocycles. The Labute approximate surface area is 95.8 Å². The second kappa shape index (κ2) is 13.3. The van der Waals surface area contributed by atoms with Gasteiger partial charge in [-0.1, -0.05) is 50.8 Å². The summed E-state index contributed by atoms with van der Waals surface area (Å²) >= 11 is 0. The van der Waals surface area contributed by atoms with Gasteiger partial charge in [-0.05, 0) is 38.7 Å². The highest BCUT2D eigenvalue weighted by molar-refractivity contribution is 4.76. The second-order valence-corrected chi connectivity index (χ2v) is 4.03. The summed E-state index contributed by atoms with van der Waals surface area (Å²) in [5, 5.41) is 0. The Morgan fingerprint density at radius 3 is 1.93 bits per heavy atom. The summed E-state index contributed by atoms with van der Waals surface area (Å²) in [6, 6.07) is 0. The number of allylic oxidation sites excluding steroid dienone is 3. The molecule has 0 heteroatoms. The summed E-state index contributed by atoms with van der Waals surface area (Å²) in [4.78, 5) is 0. The summed E-state index contributed by atoms with van der Waals surface area (Å²) in [5.74, 6) is 0. The van der Waals surface area contributed by atoms with E-state index in [0.717, 1.165) is 6.42 Å². The summed E-state index contributed by atoms with van der Waals surface area (Å²) in [5.41, 5.74) is 2.82. The lowest BCUT2D eigenvalue weighted by Crippen LogP contribution is -1.80. The molecule has 0 bridgehead atoms. The first kappa shape index (κ1) is 14.3. The zero-order valence-electron chi connectivity index (χ0n) is 10.3. The van der Waals surface area contributed by atoms with E-state index < -0.39 is 0 Å². The molecule has 0 aromatic heterocycles. The van der Waals surface area contributed by atoms with Crippen molar-refractivity contribution in [3.63, 3.8) is 0 Å². The predicted octanol–water partition coefficient (Wildman–Crippen LogP) is 5.41. The molecule has 0 aromatic rings. The number of hydrogen-bond donors (Lipinski definition) is 0. The number of hydrogen-bond acceptors (Lipinski definition) is 0. The molecule has 0 nitrogen and oxygen atoms in total. The molecule has 0 amide bonds. The Hall–Kier alpha value is -0.740. The molecule has 0 atom stereocenters. The van der Waals surface area contributed by atoms with Crippen molar-refractivity contribution in [1.82, 2.24) is 0 Å². The van der Waals surface area contributed by atoms with Gasteiger partial charge in [-0.3, -0.25) is 0 Å². The lowest BCUT2D eigenvalue weighted by molar-refractivity contribution is 0.583. The third-order valence-electron chi connectivity index (χ3n) is 2.60. The fourth-order valence-corrected chi connectivity index (χ4v) is 1.66. The maximum absolute atomic E-state index is 3.56. The summed E-state index contributed by atoms with van der Waals surface area (Å²) in [6.45, 7) is 5.65. The minimum atomic E-state index is 1.16. The zero-order valence-corrected chi connectivity index (χ0v) is 10.3. The van der Waals surface area contributed by atoms with Crippen LogP contribution >= 0.6 is 0 Å². The maximum Gasteiger partial charge on any atom is -0.0275 e. The van der Waals surface area contributed by atoms with Crippen LogP contribution in [0, 0.1) is 0 Å². The largest absolute Gasteiger partial charge is 0.133 e. The van der Waals surface area contributed by atoms with Crippen LogP contribution in [-0.4, -0.2) is 0 Å². The Morgan fingerprint density at radius 2 is 1.40 bits per heavy atom. The second-order valence-electron chi connectivity index (χ2n) is 4.03. The molecule has 0 aliphatic heterocycles. The van der Waals surface area contributed by atoms with Gasteiger partial charge in [0.25, 0.3) is 0 Å². The van der Waals surface area contributed by atoms with Crippen molar-refractivity contribution in [2.45, 2.75) is 64.7 Å². The van der Waals surface area contributed by atoms with Crippen LogP contribution in [0.5, 0.6) is 0 Å². The average Bonchev–Trinajstić information content (AvgIpc) is 2.26. The molecular formula is C15H26. The van der Waals surface area contributed by atoms with Gasteiger partial charge in [0.05, 0.1) is 0 Å². The van der Waals surface area contributed by atoms with Crippen LogP contribution in [0.15, 0.2) is 30.5 Å². The van der Waals surface area contributed by atoms with Crippen molar-refractivity contribution in [2.24, 2.45) is 0 Å². The zero-order chi connectivity index (χ0) is 11.2. The Balaban J connectivity index is 2.95. The van der Waals surface area contributed by atoms with E-state index in [1.54, 1.807) is 0 Å². The van der Waals surface area contributed by atoms with Crippen molar-refractivity contribution in [3.05, 3.63) is 30.5 Å². The first-order chi connectivity index (χ1) is 7.41. The number of unbranched alkanes of at least 4 members (excludes halogenated alkanes) is 8. The van der Waals surface area contributed by atoms with Crippen LogP contribution in [0.4, 0.5) is 0 Å². The summed E-state index contributed by atoms with van der Waals surface area (Å²) in [7, 11) is 0. The monoisotopic (exact) mass is 206 g/mol. The molecule has 0 fully saturated rings. The predicted molar refractivity (Wildman–Crippen MR) is 70.1 cm³/mol.